The molecule has 0 aliphatic rings. The van der Waals surface area contributed by atoms with Crippen LogP contribution in [-0.2, 0) is 16.1 Å². The molecule has 0 atom stereocenters. The summed E-state index contributed by atoms with van der Waals surface area (Å²) in [7, 11) is 1.38. The molecule has 0 amide bonds. The number of aromatic nitrogens is 2. The van der Waals surface area contributed by atoms with Crippen LogP contribution < -0.4 is 0 Å². The van der Waals surface area contributed by atoms with Crippen molar-refractivity contribution in [3.05, 3.63) is 16.9 Å². The molecule has 0 saturated carbocycles. The van der Waals surface area contributed by atoms with Crippen LogP contribution in [0.2, 0.25) is 5.02 Å². The van der Waals surface area contributed by atoms with Crippen LogP contribution in [0.4, 0.5) is 0 Å². The minimum absolute atomic E-state index is 0.256. The van der Waals surface area contributed by atoms with Gasteiger partial charge in [-0.25, -0.2) is 0 Å². The van der Waals surface area contributed by atoms with Gasteiger partial charge in [0.15, 0.2) is 0 Å². The van der Waals surface area contributed by atoms with E-state index in [0.29, 0.717) is 11.6 Å². The predicted molar refractivity (Wildman–Crippen MR) is 57.8 cm³/mol. The monoisotopic (exact) mass is 230 g/mol. The van der Waals surface area contributed by atoms with Gasteiger partial charge in [-0.05, 0) is 20.8 Å². The van der Waals surface area contributed by atoms with Gasteiger partial charge in [-0.3, -0.25) is 9.48 Å². The Morgan fingerprint density at radius 1 is 1.67 bits per heavy atom. The molecule has 1 aromatic heterocycles. The fraction of sp³-hybridized carbons (Fsp3) is 0.600. The van der Waals surface area contributed by atoms with Gasteiger partial charge in [0.2, 0.25) is 0 Å². The second kappa shape index (κ2) is 4.23. The first kappa shape index (κ1) is 12.0. The second-order valence-corrected chi connectivity index (χ2v) is 4.52. The van der Waals surface area contributed by atoms with E-state index < -0.39 is 5.41 Å². The topological polar surface area (TPSA) is 44.1 Å². The molecule has 84 valence electrons. The van der Waals surface area contributed by atoms with Gasteiger partial charge in [0.25, 0.3) is 0 Å². The van der Waals surface area contributed by atoms with Crippen LogP contribution >= 0.6 is 11.6 Å². The fourth-order valence-corrected chi connectivity index (χ4v) is 1.44. The molecule has 5 heteroatoms. The van der Waals surface area contributed by atoms with Gasteiger partial charge in [0.05, 0.1) is 36.0 Å². The van der Waals surface area contributed by atoms with Crippen LogP contribution in [0.5, 0.6) is 0 Å². The Morgan fingerprint density at radius 2 is 2.27 bits per heavy atom. The van der Waals surface area contributed by atoms with E-state index in [4.69, 9.17) is 16.3 Å². The summed E-state index contributed by atoms with van der Waals surface area (Å²) in [6, 6.07) is 0. The van der Waals surface area contributed by atoms with Gasteiger partial charge in [0, 0.05) is 0 Å². The largest absolute Gasteiger partial charge is 0.469 e. The van der Waals surface area contributed by atoms with Gasteiger partial charge in [0.1, 0.15) is 0 Å². The van der Waals surface area contributed by atoms with Crippen LogP contribution in [0.1, 0.15) is 19.5 Å². The maximum atomic E-state index is 11.5. The summed E-state index contributed by atoms with van der Waals surface area (Å²) in [6.07, 6.45) is 1.57. The first-order valence-corrected chi connectivity index (χ1v) is 5.02. The lowest BCUT2D eigenvalue weighted by atomic mass is 9.94. The minimum Gasteiger partial charge on any atom is -0.469 e. The van der Waals surface area contributed by atoms with E-state index in [2.05, 4.69) is 5.10 Å². The number of rotatable bonds is 3. The van der Waals surface area contributed by atoms with Crippen LogP contribution in [0.3, 0.4) is 0 Å². The highest BCUT2D eigenvalue weighted by molar-refractivity contribution is 6.31. The highest BCUT2D eigenvalue weighted by Gasteiger charge is 2.30. The molecule has 0 radical (unpaired) electrons. The average molecular weight is 231 g/mol. The van der Waals surface area contributed by atoms with Crippen molar-refractivity contribution in [2.75, 3.05) is 7.11 Å². The molecule has 0 saturated heterocycles. The first-order chi connectivity index (χ1) is 6.88. The molecule has 0 fully saturated rings. The number of hydrogen-bond acceptors (Lipinski definition) is 3. The van der Waals surface area contributed by atoms with E-state index in [0.717, 1.165) is 5.69 Å². The number of methoxy groups -OCH3 is 1. The third-order valence-corrected chi connectivity index (χ3v) is 2.70. The van der Waals surface area contributed by atoms with Gasteiger partial charge in [-0.1, -0.05) is 11.6 Å². The summed E-state index contributed by atoms with van der Waals surface area (Å²) >= 11 is 5.87. The zero-order valence-corrected chi connectivity index (χ0v) is 10.1. The van der Waals surface area contributed by atoms with E-state index in [1.165, 1.54) is 7.11 Å². The highest BCUT2D eigenvalue weighted by Crippen LogP contribution is 2.22. The van der Waals surface area contributed by atoms with Crippen molar-refractivity contribution in [1.82, 2.24) is 9.78 Å². The average Bonchev–Trinajstić information content (AvgIpc) is 2.48. The number of esters is 1. The van der Waals surface area contributed by atoms with E-state index in [-0.39, 0.29) is 5.97 Å². The normalized spacial score (nSPS) is 11.5. The minimum atomic E-state index is -0.602. The molecule has 0 aliphatic carbocycles. The van der Waals surface area contributed by atoms with Crippen LogP contribution in [0, 0.1) is 12.3 Å². The number of nitrogens with zero attached hydrogens (tertiary/aromatic N) is 2. The van der Waals surface area contributed by atoms with Crippen LogP contribution in [0.15, 0.2) is 6.20 Å². The van der Waals surface area contributed by atoms with Gasteiger partial charge in [-0.2, -0.15) is 5.10 Å². The molecule has 4 nitrogen and oxygen atoms in total. The van der Waals surface area contributed by atoms with Crippen molar-refractivity contribution < 1.29 is 9.53 Å². The lowest BCUT2D eigenvalue weighted by Gasteiger charge is -2.21. The highest BCUT2D eigenvalue weighted by atomic mass is 35.5. The molecule has 1 heterocycles. The first-order valence-electron chi connectivity index (χ1n) is 4.65. The number of carbonyl (C=O) groups excluding carboxylic acids is 1. The molecule has 0 aliphatic heterocycles. The third kappa shape index (κ3) is 2.50. The van der Waals surface area contributed by atoms with Crippen LogP contribution in [0.25, 0.3) is 0 Å². The van der Waals surface area contributed by atoms with E-state index in [1.807, 2.05) is 20.8 Å². The fourth-order valence-electron chi connectivity index (χ4n) is 1.30. The van der Waals surface area contributed by atoms with Crippen molar-refractivity contribution in [1.29, 1.82) is 0 Å². The Balaban J connectivity index is 2.86. The summed E-state index contributed by atoms with van der Waals surface area (Å²) in [5.41, 5.74) is 0.253. The standard InChI is InChI=1S/C10H15ClN2O2/c1-7-8(11)5-12-13(7)6-10(2,3)9(14)15-4/h5H,6H2,1-4H3. The quantitative estimate of drug-likeness (QED) is 0.747. The van der Waals surface area contributed by atoms with Gasteiger partial charge < -0.3 is 4.74 Å². The summed E-state index contributed by atoms with van der Waals surface area (Å²) in [5, 5.41) is 4.70. The summed E-state index contributed by atoms with van der Waals surface area (Å²) in [5.74, 6) is -0.256. The lowest BCUT2D eigenvalue weighted by Crippen LogP contribution is -2.31. The van der Waals surface area contributed by atoms with Gasteiger partial charge in [-0.15, -0.1) is 0 Å². The molecule has 0 N–H and O–H groups in total. The van der Waals surface area contributed by atoms with Crippen LogP contribution in [-0.4, -0.2) is 22.9 Å². The maximum absolute atomic E-state index is 11.5. The number of ether oxygens (including phenoxy) is 1. The maximum Gasteiger partial charge on any atom is 0.313 e. The number of halogens is 1. The Morgan fingerprint density at radius 3 is 2.67 bits per heavy atom. The second-order valence-electron chi connectivity index (χ2n) is 4.11. The van der Waals surface area contributed by atoms with E-state index in [9.17, 15) is 4.79 Å². The molecule has 15 heavy (non-hydrogen) atoms. The van der Waals surface area contributed by atoms with Crippen molar-refractivity contribution >= 4 is 17.6 Å². The summed E-state index contributed by atoms with van der Waals surface area (Å²) in [4.78, 5) is 11.5. The zero-order valence-electron chi connectivity index (χ0n) is 9.37. The molecule has 0 unspecified atom stereocenters. The molecule has 1 rings (SSSR count). The summed E-state index contributed by atoms with van der Waals surface area (Å²) in [6.45, 7) is 5.95. The summed E-state index contributed by atoms with van der Waals surface area (Å²) < 4.78 is 6.43. The molecular formula is C10H15ClN2O2. The third-order valence-electron chi connectivity index (χ3n) is 2.33. The van der Waals surface area contributed by atoms with Crippen molar-refractivity contribution in [3.63, 3.8) is 0 Å². The lowest BCUT2D eigenvalue weighted by molar-refractivity contribution is -0.151. The molecule has 0 aromatic carbocycles. The smallest absolute Gasteiger partial charge is 0.313 e. The van der Waals surface area contributed by atoms with Gasteiger partial charge >= 0.3 is 5.97 Å². The molecule has 1 aromatic rings. The molecular weight excluding hydrogens is 216 g/mol. The number of carbonyl (C=O) groups is 1. The molecule has 0 bridgehead atoms. The van der Waals surface area contributed by atoms with E-state index in [1.54, 1.807) is 10.9 Å². The molecule has 0 spiro atoms. The Bertz CT molecular complexity index is 371. The zero-order chi connectivity index (χ0) is 11.6. The predicted octanol–water partition coefficient (Wildman–Crippen LogP) is 2.04. The Kier molecular flexibility index (Phi) is 3.39. The Labute approximate surface area is 94.2 Å². The van der Waals surface area contributed by atoms with E-state index >= 15 is 0 Å². The SMILES string of the molecule is COC(=O)C(C)(C)Cn1ncc(Cl)c1C. The van der Waals surface area contributed by atoms with Crippen molar-refractivity contribution in [2.24, 2.45) is 5.41 Å². The number of hydrogen-bond donors (Lipinski definition) is 0. The van der Waals surface area contributed by atoms with Crippen molar-refractivity contribution in [2.45, 2.75) is 27.3 Å². The van der Waals surface area contributed by atoms with Crippen molar-refractivity contribution in [3.8, 4) is 0 Å². The Hall–Kier alpha value is -1.03.